The maximum Gasteiger partial charge on any atom is 0.433 e. The molecule has 1 aliphatic heterocycles. The second-order valence-corrected chi connectivity index (χ2v) is 8.41. The van der Waals surface area contributed by atoms with Gasteiger partial charge in [-0.25, -0.2) is 13.4 Å². The van der Waals surface area contributed by atoms with Crippen LogP contribution in [0.25, 0.3) is 0 Å². The first kappa shape index (κ1) is 19.2. The average molecular weight is 420 g/mol. The van der Waals surface area contributed by atoms with Crippen molar-refractivity contribution in [3.63, 3.8) is 0 Å². The molecule has 0 atom stereocenters. The van der Waals surface area contributed by atoms with Crippen LogP contribution in [-0.2, 0) is 22.7 Å². The topological polar surface area (TPSA) is 75.2 Å². The van der Waals surface area contributed by atoms with Crippen molar-refractivity contribution >= 4 is 27.2 Å². The van der Waals surface area contributed by atoms with Crippen molar-refractivity contribution < 1.29 is 21.6 Å². The Kier molecular flexibility index (Phi) is 4.45. The zero-order valence-electron chi connectivity index (χ0n) is 15.1. The van der Waals surface area contributed by atoms with Gasteiger partial charge in [0.05, 0.1) is 29.0 Å². The van der Waals surface area contributed by atoms with Gasteiger partial charge >= 0.3 is 6.18 Å². The molecule has 3 heterocycles. The molecule has 1 aliphatic rings. The van der Waals surface area contributed by atoms with Gasteiger partial charge < -0.3 is 5.32 Å². The summed E-state index contributed by atoms with van der Waals surface area (Å²) in [6.45, 7) is 1.65. The minimum absolute atomic E-state index is 0.0473. The minimum atomic E-state index is -4.61. The summed E-state index contributed by atoms with van der Waals surface area (Å²) < 4.78 is 67.0. The fourth-order valence-electron chi connectivity index (χ4n) is 2.99. The number of hydrogen-bond acceptors (Lipinski definition) is 5. The van der Waals surface area contributed by atoms with Gasteiger partial charge in [0.25, 0.3) is 10.0 Å². The lowest BCUT2D eigenvalue weighted by atomic mass is 10.2. The first-order valence-corrected chi connectivity index (χ1v) is 9.98. The van der Waals surface area contributed by atoms with Gasteiger partial charge in [0.2, 0.25) is 0 Å². The lowest BCUT2D eigenvalue weighted by Crippen LogP contribution is -2.30. The van der Waals surface area contributed by atoms with E-state index in [1.165, 1.54) is 36.7 Å². The quantitative estimate of drug-likeness (QED) is 0.671. The lowest BCUT2D eigenvalue weighted by Gasteiger charge is -2.24. The highest BCUT2D eigenvalue weighted by molar-refractivity contribution is 7.92. The predicted octanol–water partition coefficient (Wildman–Crippen LogP) is 4.26. The zero-order chi connectivity index (χ0) is 20.8. The Hall–Kier alpha value is -3.14. The van der Waals surface area contributed by atoms with E-state index in [-0.39, 0.29) is 22.9 Å². The molecular formula is C19H15F3N4O2S. The molecule has 1 N–H and O–H groups in total. The number of alkyl halides is 3. The van der Waals surface area contributed by atoms with E-state index in [4.69, 9.17) is 0 Å². The molecule has 4 rings (SSSR count). The second-order valence-electron chi connectivity index (χ2n) is 6.54. The molecule has 150 valence electrons. The molecular weight excluding hydrogens is 405 g/mol. The molecule has 0 saturated carbocycles. The zero-order valence-corrected chi connectivity index (χ0v) is 15.9. The van der Waals surface area contributed by atoms with E-state index in [9.17, 15) is 21.6 Å². The highest BCUT2D eigenvalue weighted by atomic mass is 32.2. The van der Waals surface area contributed by atoms with E-state index in [2.05, 4.69) is 15.3 Å². The number of aryl methyl sites for hydroxylation is 1. The van der Waals surface area contributed by atoms with Crippen molar-refractivity contribution in [1.29, 1.82) is 0 Å². The Morgan fingerprint density at radius 2 is 1.79 bits per heavy atom. The minimum Gasteiger partial charge on any atom is -0.338 e. The third-order valence-corrected chi connectivity index (χ3v) is 6.29. The number of nitrogens with one attached hydrogen (secondary N) is 1. The van der Waals surface area contributed by atoms with E-state index in [1.54, 1.807) is 12.1 Å². The number of halogens is 3. The Balaban J connectivity index is 1.87. The molecule has 2 aromatic heterocycles. The van der Waals surface area contributed by atoms with Gasteiger partial charge in [-0.3, -0.25) is 9.29 Å². The van der Waals surface area contributed by atoms with Crippen LogP contribution in [-0.4, -0.2) is 18.4 Å². The number of benzene rings is 1. The van der Waals surface area contributed by atoms with Gasteiger partial charge in [-0.1, -0.05) is 23.8 Å². The molecule has 6 nitrogen and oxygen atoms in total. The van der Waals surface area contributed by atoms with Crippen molar-refractivity contribution in [3.8, 4) is 0 Å². The molecule has 0 fully saturated rings. The summed E-state index contributed by atoms with van der Waals surface area (Å²) in [4.78, 5) is 7.72. The average Bonchev–Trinajstić information content (AvgIpc) is 2.84. The number of nitrogens with zero attached hydrogens (tertiary/aromatic N) is 3. The van der Waals surface area contributed by atoms with Gasteiger partial charge in [-0.2, -0.15) is 13.2 Å². The molecule has 1 aromatic carbocycles. The summed E-state index contributed by atoms with van der Waals surface area (Å²) in [5.74, 6) is -0.0473. The number of hydrogen-bond donors (Lipinski definition) is 1. The van der Waals surface area contributed by atoms with E-state index in [0.29, 0.717) is 11.3 Å². The van der Waals surface area contributed by atoms with Crippen LogP contribution >= 0.6 is 0 Å². The van der Waals surface area contributed by atoms with Gasteiger partial charge in [-0.05, 0) is 31.2 Å². The van der Waals surface area contributed by atoms with Gasteiger partial charge in [-0.15, -0.1) is 0 Å². The predicted molar refractivity (Wildman–Crippen MR) is 101 cm³/mol. The SMILES string of the molecule is Cc1ccc(S(=O)(=O)N2Cc3ccc(C(F)(F)F)nc3Nc3ccncc32)cc1. The van der Waals surface area contributed by atoms with Crippen molar-refractivity contribution in [1.82, 2.24) is 9.97 Å². The molecule has 0 amide bonds. The first-order valence-electron chi connectivity index (χ1n) is 8.54. The molecule has 0 saturated heterocycles. The molecule has 0 spiro atoms. The largest absolute Gasteiger partial charge is 0.433 e. The molecule has 0 bridgehead atoms. The summed E-state index contributed by atoms with van der Waals surface area (Å²) in [5.41, 5.74) is 0.665. The summed E-state index contributed by atoms with van der Waals surface area (Å²) in [6.07, 6.45) is -1.84. The van der Waals surface area contributed by atoms with Crippen LogP contribution in [0.2, 0.25) is 0 Å². The van der Waals surface area contributed by atoms with Crippen LogP contribution < -0.4 is 9.62 Å². The van der Waals surface area contributed by atoms with Crippen molar-refractivity contribution in [2.75, 3.05) is 9.62 Å². The number of aromatic nitrogens is 2. The molecule has 0 aliphatic carbocycles. The maximum atomic E-state index is 13.3. The van der Waals surface area contributed by atoms with Gasteiger partial charge in [0, 0.05) is 11.8 Å². The molecule has 0 unspecified atom stereocenters. The fourth-order valence-corrected chi connectivity index (χ4v) is 4.44. The molecule has 0 radical (unpaired) electrons. The maximum absolute atomic E-state index is 13.3. The summed E-state index contributed by atoms with van der Waals surface area (Å²) >= 11 is 0. The van der Waals surface area contributed by atoms with E-state index >= 15 is 0 Å². The Morgan fingerprint density at radius 3 is 2.48 bits per heavy atom. The normalized spacial score (nSPS) is 13.9. The Labute approximate surface area is 165 Å². The molecule has 29 heavy (non-hydrogen) atoms. The van der Waals surface area contributed by atoms with Crippen molar-refractivity contribution in [3.05, 3.63) is 71.7 Å². The Morgan fingerprint density at radius 1 is 1.07 bits per heavy atom. The van der Waals surface area contributed by atoms with Gasteiger partial charge in [0.1, 0.15) is 11.5 Å². The molecule has 3 aromatic rings. The third-order valence-electron chi connectivity index (χ3n) is 4.51. The van der Waals surface area contributed by atoms with Crippen molar-refractivity contribution in [2.24, 2.45) is 0 Å². The standard InChI is InChI=1S/C19H15F3N4O2S/c1-12-2-5-14(6-3-12)29(27,28)26-11-13-4-7-17(19(20,21)22)25-18(13)24-15-8-9-23-10-16(15)26/h2-10H,11H2,1H3,(H,24,25). The lowest BCUT2D eigenvalue weighted by molar-refractivity contribution is -0.141. The highest BCUT2D eigenvalue weighted by Gasteiger charge is 2.35. The first-order chi connectivity index (χ1) is 13.7. The van der Waals surface area contributed by atoms with Crippen molar-refractivity contribution in [2.45, 2.75) is 24.5 Å². The Bertz CT molecular complexity index is 1180. The summed E-state index contributed by atoms with van der Waals surface area (Å²) in [6, 6.07) is 9.90. The summed E-state index contributed by atoms with van der Waals surface area (Å²) in [5, 5.41) is 2.82. The van der Waals surface area contributed by atoms with E-state index < -0.39 is 21.9 Å². The fraction of sp³-hybridized carbons (Fsp3) is 0.158. The van der Waals surface area contributed by atoms with Crippen LogP contribution in [0, 0.1) is 6.92 Å². The smallest absolute Gasteiger partial charge is 0.338 e. The second kappa shape index (κ2) is 6.73. The van der Waals surface area contributed by atoms with Crippen LogP contribution in [0.15, 0.2) is 59.8 Å². The van der Waals surface area contributed by atoms with E-state index in [1.807, 2.05) is 6.92 Å². The number of pyridine rings is 2. The monoisotopic (exact) mass is 420 g/mol. The van der Waals surface area contributed by atoms with E-state index in [0.717, 1.165) is 15.9 Å². The molecule has 10 heteroatoms. The van der Waals surface area contributed by atoms with Crippen LogP contribution in [0.5, 0.6) is 0 Å². The van der Waals surface area contributed by atoms with Crippen LogP contribution in [0.1, 0.15) is 16.8 Å². The van der Waals surface area contributed by atoms with Gasteiger partial charge in [0.15, 0.2) is 0 Å². The third kappa shape index (κ3) is 3.51. The highest BCUT2D eigenvalue weighted by Crippen LogP contribution is 2.39. The summed E-state index contributed by atoms with van der Waals surface area (Å²) in [7, 11) is -3.99. The van der Waals surface area contributed by atoms with Crippen LogP contribution in [0.4, 0.5) is 30.4 Å². The number of fused-ring (bicyclic) bond motifs is 2. The number of rotatable bonds is 2. The number of anilines is 3. The number of sulfonamides is 1. The van der Waals surface area contributed by atoms with Crippen LogP contribution in [0.3, 0.4) is 0 Å².